The minimum atomic E-state index is -3.98. The summed E-state index contributed by atoms with van der Waals surface area (Å²) in [7, 11) is -3.98. The molecule has 0 radical (unpaired) electrons. The molecule has 1 aliphatic carbocycles. The smallest absolute Gasteiger partial charge is 0.323 e. The second-order valence-corrected chi connectivity index (χ2v) is 12.6. The van der Waals surface area contributed by atoms with Crippen molar-refractivity contribution in [2.75, 3.05) is 23.4 Å². The number of carboxylic acid groups (broad SMARTS) is 1. The number of aliphatic carboxylic acids is 1. The molecule has 0 unspecified atom stereocenters. The van der Waals surface area contributed by atoms with Crippen LogP contribution in [0.25, 0.3) is 0 Å². The largest absolute Gasteiger partial charge is 0.480 e. The van der Waals surface area contributed by atoms with Gasteiger partial charge >= 0.3 is 12.0 Å². The summed E-state index contributed by atoms with van der Waals surface area (Å²) in [5, 5.41) is 11.7. The molecule has 0 bridgehead atoms. The first-order chi connectivity index (χ1) is 15.7. The average Bonchev–Trinajstić information content (AvgIpc) is 3.24. The SMILES string of the molecule is C[C@H]1CC[C@H](N(CCSCc2ccccc2)C(=O)Nc2ncc(S(=O)(=O)CC(=O)O)s2)CC1. The van der Waals surface area contributed by atoms with Crippen molar-refractivity contribution < 1.29 is 23.1 Å². The zero-order chi connectivity index (χ0) is 23.8. The third-order valence-corrected chi connectivity index (χ3v) is 9.67. The van der Waals surface area contributed by atoms with Crippen molar-refractivity contribution in [3.05, 3.63) is 42.1 Å². The van der Waals surface area contributed by atoms with Gasteiger partial charge in [-0.3, -0.25) is 10.1 Å². The Bertz CT molecular complexity index is 1030. The van der Waals surface area contributed by atoms with Crippen molar-refractivity contribution in [1.82, 2.24) is 9.88 Å². The summed E-state index contributed by atoms with van der Waals surface area (Å²) in [5.41, 5.74) is 1.24. The van der Waals surface area contributed by atoms with Crippen LogP contribution in [0.1, 0.15) is 38.2 Å². The number of nitrogens with zero attached hydrogens (tertiary/aromatic N) is 2. The van der Waals surface area contributed by atoms with Crippen LogP contribution in [0.3, 0.4) is 0 Å². The Kier molecular flexibility index (Phi) is 9.16. The fourth-order valence-electron chi connectivity index (χ4n) is 3.79. The van der Waals surface area contributed by atoms with Gasteiger partial charge in [-0.25, -0.2) is 18.2 Å². The van der Waals surface area contributed by atoms with Crippen molar-refractivity contribution >= 4 is 50.1 Å². The molecule has 1 heterocycles. The summed E-state index contributed by atoms with van der Waals surface area (Å²) in [6.45, 7) is 2.81. The van der Waals surface area contributed by atoms with Crippen LogP contribution in [0.15, 0.2) is 40.7 Å². The van der Waals surface area contributed by atoms with Crippen LogP contribution >= 0.6 is 23.1 Å². The van der Waals surface area contributed by atoms with Crippen LogP contribution in [0.5, 0.6) is 0 Å². The predicted octanol–water partition coefficient (Wildman–Crippen LogP) is 4.35. The molecule has 1 aromatic heterocycles. The van der Waals surface area contributed by atoms with Gasteiger partial charge in [-0.2, -0.15) is 11.8 Å². The number of nitrogens with one attached hydrogen (secondary N) is 1. The number of amides is 2. The van der Waals surface area contributed by atoms with Crippen molar-refractivity contribution in [3.63, 3.8) is 0 Å². The average molecular weight is 512 g/mol. The summed E-state index contributed by atoms with van der Waals surface area (Å²) < 4.78 is 24.0. The number of carbonyl (C=O) groups excluding carboxylic acids is 1. The Labute approximate surface area is 202 Å². The highest BCUT2D eigenvalue weighted by Crippen LogP contribution is 2.29. The number of hydrogen-bond donors (Lipinski definition) is 2. The van der Waals surface area contributed by atoms with Gasteiger partial charge in [0.15, 0.2) is 20.7 Å². The highest BCUT2D eigenvalue weighted by molar-refractivity contribution is 7.98. The quantitative estimate of drug-likeness (QED) is 0.456. The Morgan fingerprint density at radius 2 is 1.91 bits per heavy atom. The molecular weight excluding hydrogens is 482 g/mol. The number of benzene rings is 1. The normalized spacial score (nSPS) is 18.6. The van der Waals surface area contributed by atoms with Crippen molar-refractivity contribution in [3.8, 4) is 0 Å². The van der Waals surface area contributed by atoms with Crippen LogP contribution in [-0.4, -0.2) is 59.5 Å². The second-order valence-electron chi connectivity index (χ2n) is 8.21. The lowest BCUT2D eigenvalue weighted by molar-refractivity contribution is -0.134. The molecule has 1 saturated carbocycles. The molecule has 0 aliphatic heterocycles. The Morgan fingerprint density at radius 3 is 2.58 bits per heavy atom. The fraction of sp³-hybridized carbons (Fsp3) is 0.500. The van der Waals surface area contributed by atoms with E-state index in [1.54, 1.807) is 11.8 Å². The van der Waals surface area contributed by atoms with Crippen LogP contribution in [-0.2, 0) is 20.4 Å². The highest BCUT2D eigenvalue weighted by Gasteiger charge is 2.28. The number of urea groups is 1. The Balaban J connectivity index is 1.63. The molecule has 1 fully saturated rings. The van der Waals surface area contributed by atoms with E-state index in [1.807, 2.05) is 23.1 Å². The second kappa shape index (κ2) is 11.8. The topological polar surface area (TPSA) is 117 Å². The van der Waals surface area contributed by atoms with Gasteiger partial charge in [-0.1, -0.05) is 48.6 Å². The summed E-state index contributed by atoms with van der Waals surface area (Å²) in [4.78, 5) is 29.8. The number of hydrogen-bond acceptors (Lipinski definition) is 7. The van der Waals surface area contributed by atoms with E-state index in [0.717, 1.165) is 54.7 Å². The lowest BCUT2D eigenvalue weighted by Crippen LogP contribution is -2.45. The first-order valence-corrected chi connectivity index (χ1v) is 14.5. The molecule has 180 valence electrons. The third kappa shape index (κ3) is 7.72. The Hall–Kier alpha value is -2.11. The third-order valence-electron chi connectivity index (χ3n) is 5.59. The molecule has 0 atom stereocenters. The number of carboxylic acids is 1. The molecule has 0 saturated heterocycles. The number of aromatic nitrogens is 1. The summed E-state index contributed by atoms with van der Waals surface area (Å²) in [6, 6.07) is 10.0. The zero-order valence-electron chi connectivity index (χ0n) is 18.5. The van der Waals surface area contributed by atoms with Crippen molar-refractivity contribution in [2.24, 2.45) is 5.92 Å². The molecule has 8 nitrogen and oxygen atoms in total. The van der Waals surface area contributed by atoms with E-state index < -0.39 is 21.6 Å². The first-order valence-electron chi connectivity index (χ1n) is 10.8. The minimum Gasteiger partial charge on any atom is -0.480 e. The number of anilines is 1. The lowest BCUT2D eigenvalue weighted by Gasteiger charge is -2.36. The molecule has 0 spiro atoms. The molecular formula is C22H29N3O5S3. The minimum absolute atomic E-state index is 0.133. The standard InChI is InChI=1S/C22H29N3O5S3/c1-16-7-9-18(10-8-16)25(11-12-31-14-17-5-3-2-4-6-17)22(28)24-21-23-13-20(32-21)33(29,30)15-19(26)27/h2-6,13,16,18H,7-12,14-15H2,1H3,(H,26,27)(H,23,24,28)/t16-,18-. The van der Waals surface area contributed by atoms with Crippen LogP contribution in [0.4, 0.5) is 9.93 Å². The van der Waals surface area contributed by atoms with E-state index in [9.17, 15) is 18.0 Å². The van der Waals surface area contributed by atoms with Gasteiger partial charge in [0.25, 0.3) is 0 Å². The molecule has 2 amide bonds. The fourth-order valence-corrected chi connectivity index (χ4v) is 6.83. The summed E-state index contributed by atoms with van der Waals surface area (Å²) in [5.74, 6) is -0.132. The van der Waals surface area contributed by atoms with E-state index in [1.165, 1.54) is 5.56 Å². The van der Waals surface area contributed by atoms with Crippen molar-refractivity contribution in [2.45, 2.75) is 48.6 Å². The lowest BCUT2D eigenvalue weighted by atomic mass is 9.86. The molecule has 11 heteroatoms. The van der Waals surface area contributed by atoms with Crippen LogP contribution in [0, 0.1) is 5.92 Å². The summed E-state index contributed by atoms with van der Waals surface area (Å²) in [6.07, 6.45) is 5.11. The van der Waals surface area contributed by atoms with E-state index >= 15 is 0 Å². The van der Waals surface area contributed by atoms with E-state index in [-0.39, 0.29) is 21.4 Å². The number of carbonyl (C=O) groups is 2. The van der Waals surface area contributed by atoms with Gasteiger partial charge in [0.1, 0.15) is 4.21 Å². The van der Waals surface area contributed by atoms with Crippen LogP contribution in [0.2, 0.25) is 0 Å². The molecule has 2 aromatic rings. The maximum Gasteiger partial charge on any atom is 0.323 e. The molecule has 1 aromatic carbocycles. The van der Waals surface area contributed by atoms with Gasteiger partial charge in [0.05, 0.1) is 6.20 Å². The van der Waals surface area contributed by atoms with Crippen LogP contribution < -0.4 is 5.32 Å². The molecule has 33 heavy (non-hydrogen) atoms. The van der Waals surface area contributed by atoms with Gasteiger partial charge in [0, 0.05) is 24.1 Å². The maximum atomic E-state index is 13.1. The van der Waals surface area contributed by atoms with E-state index in [0.29, 0.717) is 12.5 Å². The monoisotopic (exact) mass is 511 g/mol. The predicted molar refractivity (Wildman–Crippen MR) is 132 cm³/mol. The molecule has 3 rings (SSSR count). The van der Waals surface area contributed by atoms with Crippen molar-refractivity contribution in [1.29, 1.82) is 0 Å². The van der Waals surface area contributed by atoms with Gasteiger partial charge in [-0.15, -0.1) is 0 Å². The van der Waals surface area contributed by atoms with Gasteiger partial charge < -0.3 is 10.0 Å². The van der Waals surface area contributed by atoms with Gasteiger partial charge in [0.2, 0.25) is 0 Å². The first kappa shape index (κ1) is 25.5. The molecule has 2 N–H and O–H groups in total. The zero-order valence-corrected chi connectivity index (χ0v) is 20.9. The number of rotatable bonds is 10. The Morgan fingerprint density at radius 1 is 1.21 bits per heavy atom. The molecule has 1 aliphatic rings. The van der Waals surface area contributed by atoms with E-state index in [4.69, 9.17) is 5.11 Å². The van der Waals surface area contributed by atoms with Gasteiger partial charge in [-0.05, 0) is 37.2 Å². The van der Waals surface area contributed by atoms with E-state index in [2.05, 4.69) is 29.4 Å². The number of thiazole rings is 1. The highest BCUT2D eigenvalue weighted by atomic mass is 32.2. The number of thioether (sulfide) groups is 1. The number of sulfone groups is 1. The maximum absolute atomic E-state index is 13.1. The summed E-state index contributed by atoms with van der Waals surface area (Å²) >= 11 is 2.54.